The summed E-state index contributed by atoms with van der Waals surface area (Å²) in [5.74, 6) is -1.49. The number of aliphatic carboxylic acids is 1. The highest BCUT2D eigenvalue weighted by atomic mass is 32.2. The molecule has 150 valence electrons. The minimum atomic E-state index is -3.57. The summed E-state index contributed by atoms with van der Waals surface area (Å²) in [6.07, 6.45) is 4.10. The lowest BCUT2D eigenvalue weighted by atomic mass is 10.0. The van der Waals surface area contributed by atoms with Gasteiger partial charge in [0.2, 0.25) is 10.0 Å². The first kappa shape index (κ1) is 21.4. The molecule has 1 fully saturated rings. The maximum Gasteiger partial charge on any atom is 0.326 e. The highest BCUT2D eigenvalue weighted by Gasteiger charge is 2.26. The van der Waals surface area contributed by atoms with Gasteiger partial charge in [-0.3, -0.25) is 4.79 Å². The number of amides is 1. The summed E-state index contributed by atoms with van der Waals surface area (Å²) < 4.78 is 27.0. The van der Waals surface area contributed by atoms with Crippen molar-refractivity contribution >= 4 is 21.9 Å². The van der Waals surface area contributed by atoms with Crippen LogP contribution in [0.15, 0.2) is 29.2 Å². The number of carbonyl (C=O) groups is 2. The van der Waals surface area contributed by atoms with Crippen LogP contribution in [0.3, 0.4) is 0 Å². The Balaban J connectivity index is 2.11. The molecule has 7 nitrogen and oxygen atoms in total. The standard InChI is InChI=1S/C19H28N2O5S/c1-14(2)13-17(19(23)24)20-18(22)15-7-9-16(10-8-15)27(25,26)21-11-5-3-4-6-12-21/h7-10,14,17H,3-6,11-13H2,1-2H3,(H,20,22)(H,23,24)/t17-/m0/s1. The molecule has 1 aromatic rings. The van der Waals surface area contributed by atoms with Crippen LogP contribution in [0.5, 0.6) is 0 Å². The minimum Gasteiger partial charge on any atom is -0.480 e. The molecule has 2 N–H and O–H groups in total. The molecular weight excluding hydrogens is 368 g/mol. The van der Waals surface area contributed by atoms with E-state index in [2.05, 4.69) is 5.32 Å². The quantitative estimate of drug-likeness (QED) is 0.737. The Kier molecular flexibility index (Phi) is 7.38. The van der Waals surface area contributed by atoms with Crippen LogP contribution in [0.4, 0.5) is 0 Å². The van der Waals surface area contributed by atoms with Crippen molar-refractivity contribution in [1.29, 1.82) is 0 Å². The van der Waals surface area contributed by atoms with Gasteiger partial charge in [0, 0.05) is 18.7 Å². The van der Waals surface area contributed by atoms with Crippen molar-refractivity contribution in [3.05, 3.63) is 29.8 Å². The fraction of sp³-hybridized carbons (Fsp3) is 0.579. The molecule has 0 bridgehead atoms. The summed E-state index contributed by atoms with van der Waals surface area (Å²) in [5.41, 5.74) is 0.236. The number of carbonyl (C=O) groups excluding carboxylic acids is 1. The van der Waals surface area contributed by atoms with E-state index in [-0.39, 0.29) is 16.4 Å². The van der Waals surface area contributed by atoms with Crippen molar-refractivity contribution in [3.63, 3.8) is 0 Å². The smallest absolute Gasteiger partial charge is 0.326 e. The van der Waals surface area contributed by atoms with Gasteiger partial charge in [0.15, 0.2) is 0 Å². The van der Waals surface area contributed by atoms with Crippen LogP contribution in [0, 0.1) is 5.92 Å². The first-order valence-electron chi connectivity index (χ1n) is 9.35. The van der Waals surface area contributed by atoms with E-state index in [1.807, 2.05) is 13.8 Å². The number of hydrogen-bond donors (Lipinski definition) is 2. The number of sulfonamides is 1. The maximum atomic E-state index is 12.8. The van der Waals surface area contributed by atoms with Crippen LogP contribution in [0.2, 0.25) is 0 Å². The third-order valence-electron chi connectivity index (χ3n) is 4.63. The second kappa shape index (κ2) is 9.32. The average Bonchev–Trinajstić information content (AvgIpc) is 2.90. The number of carboxylic acid groups (broad SMARTS) is 1. The number of nitrogens with zero attached hydrogens (tertiary/aromatic N) is 1. The van der Waals surface area contributed by atoms with Gasteiger partial charge in [0.1, 0.15) is 6.04 Å². The van der Waals surface area contributed by atoms with E-state index in [0.29, 0.717) is 19.5 Å². The van der Waals surface area contributed by atoms with Gasteiger partial charge in [0.05, 0.1) is 4.90 Å². The SMILES string of the molecule is CC(C)C[C@H](NC(=O)c1ccc(S(=O)(=O)N2CCCCCC2)cc1)C(=O)O. The number of hydrogen-bond acceptors (Lipinski definition) is 4. The van der Waals surface area contributed by atoms with E-state index in [4.69, 9.17) is 0 Å². The van der Waals surface area contributed by atoms with E-state index in [9.17, 15) is 23.1 Å². The second-order valence-corrected chi connectivity index (χ2v) is 9.27. The Labute approximate surface area is 160 Å². The monoisotopic (exact) mass is 396 g/mol. The topological polar surface area (TPSA) is 104 Å². The minimum absolute atomic E-state index is 0.118. The lowest BCUT2D eigenvalue weighted by Gasteiger charge is -2.20. The molecule has 0 aromatic heterocycles. The van der Waals surface area contributed by atoms with Crippen LogP contribution in [-0.2, 0) is 14.8 Å². The fourth-order valence-electron chi connectivity index (χ4n) is 3.14. The predicted molar refractivity (Wildman–Crippen MR) is 102 cm³/mol. The van der Waals surface area contributed by atoms with Gasteiger partial charge in [-0.05, 0) is 49.4 Å². The Morgan fingerprint density at radius 3 is 2.11 bits per heavy atom. The largest absolute Gasteiger partial charge is 0.480 e. The van der Waals surface area contributed by atoms with Crippen molar-refractivity contribution in [2.24, 2.45) is 5.92 Å². The van der Waals surface area contributed by atoms with E-state index in [1.54, 1.807) is 0 Å². The molecule has 0 unspecified atom stereocenters. The lowest BCUT2D eigenvalue weighted by Crippen LogP contribution is -2.41. The van der Waals surface area contributed by atoms with E-state index < -0.39 is 27.9 Å². The molecule has 27 heavy (non-hydrogen) atoms. The van der Waals surface area contributed by atoms with E-state index >= 15 is 0 Å². The molecule has 0 spiro atoms. The summed E-state index contributed by atoms with van der Waals surface area (Å²) in [5, 5.41) is 11.7. The summed E-state index contributed by atoms with van der Waals surface area (Å²) >= 11 is 0. The highest BCUT2D eigenvalue weighted by molar-refractivity contribution is 7.89. The van der Waals surface area contributed by atoms with Crippen LogP contribution in [-0.4, -0.2) is 48.8 Å². The predicted octanol–water partition coefficient (Wildman–Crippen LogP) is 2.48. The zero-order valence-corrected chi connectivity index (χ0v) is 16.7. The molecule has 1 atom stereocenters. The van der Waals surface area contributed by atoms with Crippen molar-refractivity contribution in [1.82, 2.24) is 9.62 Å². The van der Waals surface area contributed by atoms with E-state index in [1.165, 1.54) is 28.6 Å². The molecule has 0 aliphatic carbocycles. The summed E-state index contributed by atoms with van der Waals surface area (Å²) in [6.45, 7) is 4.79. The molecule has 1 heterocycles. The molecule has 2 rings (SSSR count). The van der Waals surface area contributed by atoms with Crippen molar-refractivity contribution in [2.45, 2.75) is 56.9 Å². The third kappa shape index (κ3) is 5.77. The number of carboxylic acids is 1. The molecule has 0 saturated carbocycles. The summed E-state index contributed by atoms with van der Waals surface area (Å²) in [4.78, 5) is 23.8. The van der Waals surface area contributed by atoms with Gasteiger partial charge in [-0.15, -0.1) is 0 Å². The zero-order valence-electron chi connectivity index (χ0n) is 15.8. The fourth-order valence-corrected chi connectivity index (χ4v) is 4.66. The Bertz CT molecular complexity index is 751. The van der Waals surface area contributed by atoms with Crippen molar-refractivity contribution < 1.29 is 23.1 Å². The molecule has 0 radical (unpaired) electrons. The Morgan fingerprint density at radius 1 is 1.07 bits per heavy atom. The van der Waals surface area contributed by atoms with Crippen LogP contribution < -0.4 is 5.32 Å². The molecule has 1 saturated heterocycles. The summed E-state index contributed by atoms with van der Waals surface area (Å²) in [6, 6.07) is 4.70. The summed E-state index contributed by atoms with van der Waals surface area (Å²) in [7, 11) is -3.57. The van der Waals surface area contributed by atoms with Crippen molar-refractivity contribution in [2.75, 3.05) is 13.1 Å². The van der Waals surface area contributed by atoms with Gasteiger partial charge in [-0.1, -0.05) is 26.7 Å². The lowest BCUT2D eigenvalue weighted by molar-refractivity contribution is -0.139. The molecule has 1 amide bonds. The normalized spacial score (nSPS) is 17.3. The van der Waals surface area contributed by atoms with Crippen LogP contribution in [0.1, 0.15) is 56.3 Å². The number of nitrogens with one attached hydrogen (secondary N) is 1. The van der Waals surface area contributed by atoms with Gasteiger partial charge in [0.25, 0.3) is 5.91 Å². The van der Waals surface area contributed by atoms with Crippen LogP contribution in [0.25, 0.3) is 0 Å². The third-order valence-corrected chi connectivity index (χ3v) is 6.54. The van der Waals surface area contributed by atoms with E-state index in [0.717, 1.165) is 25.7 Å². The molecule has 1 aliphatic rings. The second-order valence-electron chi connectivity index (χ2n) is 7.34. The van der Waals surface area contributed by atoms with Gasteiger partial charge >= 0.3 is 5.97 Å². The van der Waals surface area contributed by atoms with Gasteiger partial charge < -0.3 is 10.4 Å². The number of benzene rings is 1. The first-order chi connectivity index (χ1) is 12.7. The van der Waals surface area contributed by atoms with Gasteiger partial charge in [-0.2, -0.15) is 4.31 Å². The average molecular weight is 397 g/mol. The zero-order chi connectivity index (χ0) is 20.0. The highest BCUT2D eigenvalue weighted by Crippen LogP contribution is 2.20. The molecular formula is C19H28N2O5S. The maximum absolute atomic E-state index is 12.8. The Morgan fingerprint density at radius 2 is 1.63 bits per heavy atom. The van der Waals surface area contributed by atoms with Gasteiger partial charge in [-0.25, -0.2) is 13.2 Å². The molecule has 1 aromatic carbocycles. The Hall–Kier alpha value is -1.93. The molecule has 8 heteroatoms. The first-order valence-corrected chi connectivity index (χ1v) is 10.8. The van der Waals surface area contributed by atoms with Crippen LogP contribution >= 0.6 is 0 Å². The number of rotatable bonds is 7. The van der Waals surface area contributed by atoms with Crippen molar-refractivity contribution in [3.8, 4) is 0 Å². The molecule has 1 aliphatic heterocycles.